The van der Waals surface area contributed by atoms with Gasteiger partial charge in [0.15, 0.2) is 23.9 Å². The van der Waals surface area contributed by atoms with Gasteiger partial charge in [-0.2, -0.15) is 0 Å². The number of carbonyl (C=O) groups excluding carboxylic acids is 8. The first-order valence-electron chi connectivity index (χ1n) is 38.2. The van der Waals surface area contributed by atoms with E-state index in [1.165, 1.54) is 19.2 Å². The molecule has 36 nitrogen and oxygen atoms in total. The highest BCUT2D eigenvalue weighted by molar-refractivity contribution is 6.32. The molecule has 0 spiro atoms. The quantitative estimate of drug-likeness (QED) is 0.0432. The van der Waals surface area contributed by atoms with E-state index in [1.807, 2.05) is 13.8 Å². The van der Waals surface area contributed by atoms with Crippen LogP contribution in [0.5, 0.6) is 51.7 Å². The predicted molar refractivity (Wildman–Crippen MR) is 427 cm³/mol. The van der Waals surface area contributed by atoms with Gasteiger partial charge in [0.1, 0.15) is 114 Å². The van der Waals surface area contributed by atoms with Crippen LogP contribution in [0.15, 0.2) is 127 Å². The monoisotopic (exact) mass is 1700 g/mol. The number of aliphatic hydroxyl groups is 6. The van der Waals surface area contributed by atoms with Gasteiger partial charge in [-0.25, -0.2) is 0 Å². The first-order valence-corrected chi connectivity index (χ1v) is 38.9. The summed E-state index contributed by atoms with van der Waals surface area (Å²) in [6, 6.07) is 5.93. The lowest BCUT2D eigenvalue weighted by atomic mass is 9.84. The van der Waals surface area contributed by atoms with E-state index in [0.29, 0.717) is 11.4 Å². The summed E-state index contributed by atoms with van der Waals surface area (Å²) in [6.07, 6.45) is -11.8. The first kappa shape index (κ1) is 89.4. The maximum absolute atomic E-state index is 16.4. The Morgan fingerprint density at radius 2 is 1.31 bits per heavy atom. The van der Waals surface area contributed by atoms with Crippen molar-refractivity contribution >= 4 is 82.1 Å². The standard InChI is InChI=1S/C82H94Cl2N10O26/c1-8-10-22-94(23-11-9-2)50(24-36(3)4)75(108)91-65-67(102)39-13-20-53(47(83)26-39)116-55-28-41-29-56(71(55)120-81-72(70(105)69(104)57(35-95)118-81)119-60-33-82(6,73(106)37(5)115-60)93-42-15-17-44(114-7)18-16-42)117-54-21-14-40(27-48(54)84)68(103)66-80(113)90-64(76(109)86-34-59(100)101)46-30-43(96)31-52(98)61(46)45-25-38(12-19-51(45)97)62(77(110)92-66)89-78(111)63(41)88-74(107)49(32-58(85)99)87-79(65)112/h8-21,25-31,36-37,49-50,57,60,62-70,72-73,81,93,95-98,102-106H,22-24,32-35H2,1-7H3,(H2,85,99)(H,86,109)(H,87,112)(H,88,107)(H,89,111)(H,90,113)(H,91,108)(H,92,110)(H,100,101)/b10-8+,11-9+/t37-,49-,50+,57-,60-,62+,63+,64-,65+,66-,67+,68+,69+,70-,72-,73+,81-,82-/m0/s1. The number of aliphatic hydroxyl groups excluding tert-OH is 6. The van der Waals surface area contributed by atoms with Gasteiger partial charge >= 0.3 is 5.97 Å². The molecule has 7 aliphatic rings. The SMILES string of the molecule is C/C=C/CN(C/C=C/C)[C@H](CC(C)C)C(=O)N[C@H]1C(=O)N[C@@H](CC(N)=O)C(=O)N[C@H]2C(=O)N[C@H]3C(=O)N[C@H](C(=O)N[C@H](C(=O)NCC(=O)O)c4cc(O)cc(O)c4-c4cc3ccc4O)[C@H](O)c3ccc(c(Cl)c3)Oc3cc2cc(c3O[C@@H]2O[C@@H](CO)[C@@H](O)[C@H](O)[C@@H]2O[C@H]2C[C@](C)(Nc3ccc(OC)cc3)[C@H](O)[C@H](C)O2)Oc2ccc(cc2Cl)[C@H]1O. The third-order valence-electron chi connectivity index (χ3n) is 20.9. The molecule has 20 N–H and O–H groups in total. The number of amides is 8. The minimum atomic E-state index is -2.40. The van der Waals surface area contributed by atoms with Crippen LogP contribution in [0.3, 0.4) is 0 Å². The van der Waals surface area contributed by atoms with Crippen LogP contribution in [0.2, 0.25) is 10.0 Å². The normalized spacial score (nSPS) is 26.7. The third kappa shape index (κ3) is 20.2. The number of anilines is 1. The van der Waals surface area contributed by atoms with Crippen molar-refractivity contribution in [3.8, 4) is 62.9 Å². The highest BCUT2D eigenvalue weighted by Gasteiger charge is 2.53. The van der Waals surface area contributed by atoms with Crippen molar-refractivity contribution in [1.29, 1.82) is 0 Å². The van der Waals surface area contributed by atoms with Crippen molar-refractivity contribution in [3.05, 3.63) is 165 Å². The van der Waals surface area contributed by atoms with E-state index in [-0.39, 0.29) is 59.3 Å². The van der Waals surface area contributed by atoms with E-state index < -0.39 is 250 Å². The number of nitrogens with zero attached hydrogens (tertiary/aromatic N) is 1. The molecule has 8 amide bonds. The summed E-state index contributed by atoms with van der Waals surface area (Å²) in [6.45, 7) is 8.90. The molecule has 7 heterocycles. The number of halogens is 2. The summed E-state index contributed by atoms with van der Waals surface area (Å²) in [5, 5.41) is 136. The number of carbonyl (C=O) groups is 9. The van der Waals surface area contributed by atoms with Gasteiger partial charge in [-0.15, -0.1) is 0 Å². The number of rotatable bonds is 22. The Hall–Kier alpha value is -11.4. The van der Waals surface area contributed by atoms with Crippen LogP contribution < -0.4 is 67.2 Å². The number of benzene rings is 6. The number of hydrogen-bond donors (Lipinski definition) is 19. The van der Waals surface area contributed by atoms with Gasteiger partial charge in [-0.1, -0.05) is 79.6 Å². The number of nitrogens with two attached hydrogens (primary N) is 1. The Balaban J connectivity index is 1.14. The number of phenols is 3. The van der Waals surface area contributed by atoms with Crippen molar-refractivity contribution in [2.45, 2.75) is 170 Å². The van der Waals surface area contributed by atoms with Crippen LogP contribution in [-0.2, 0) is 57.4 Å². The zero-order valence-corrected chi connectivity index (χ0v) is 67.3. The number of ether oxygens (including phenoxy) is 7. The predicted octanol–water partition coefficient (Wildman–Crippen LogP) is 3.62. The van der Waals surface area contributed by atoms with Crippen LogP contribution in [-0.4, -0.2) is 221 Å². The Morgan fingerprint density at radius 3 is 1.90 bits per heavy atom. The average molecular weight is 1710 g/mol. The smallest absolute Gasteiger partial charge is 0.322 e. The van der Waals surface area contributed by atoms with Crippen molar-refractivity contribution in [3.63, 3.8) is 0 Å². The highest BCUT2D eigenvalue weighted by Crippen LogP contribution is 2.50. The fraction of sp³-hybridized carbons (Fsp3) is 0.402. The molecule has 13 rings (SSSR count). The molecule has 642 valence electrons. The molecule has 0 saturated carbocycles. The number of carboxylic acids is 1. The van der Waals surface area contributed by atoms with E-state index in [0.717, 1.165) is 66.7 Å². The molecular formula is C82H94Cl2N10O26. The molecule has 120 heavy (non-hydrogen) atoms. The Kier molecular flexibility index (Phi) is 28.6. The Morgan fingerprint density at radius 1 is 0.700 bits per heavy atom. The van der Waals surface area contributed by atoms with Crippen molar-refractivity contribution in [2.24, 2.45) is 11.7 Å². The van der Waals surface area contributed by atoms with E-state index >= 15 is 28.8 Å². The number of fused-ring (bicyclic) bond motifs is 15. The topological polar surface area (TPSA) is 546 Å². The van der Waals surface area contributed by atoms with Crippen LogP contribution in [0.4, 0.5) is 5.69 Å². The van der Waals surface area contributed by atoms with Crippen molar-refractivity contribution in [1.82, 2.24) is 42.1 Å². The minimum Gasteiger partial charge on any atom is -0.508 e. The summed E-state index contributed by atoms with van der Waals surface area (Å²) in [7, 11) is 1.49. The number of hydrogen-bond acceptors (Lipinski definition) is 27. The number of phenolic OH excluding ortho intramolecular Hbond substituents is 3. The summed E-state index contributed by atoms with van der Waals surface area (Å²) < 4.78 is 44.8. The fourth-order valence-corrected chi connectivity index (χ4v) is 15.2. The largest absolute Gasteiger partial charge is 0.508 e. The summed E-state index contributed by atoms with van der Waals surface area (Å²) in [5.41, 5.74) is 2.16. The van der Waals surface area contributed by atoms with Gasteiger partial charge in [0.2, 0.25) is 59.3 Å². The summed E-state index contributed by atoms with van der Waals surface area (Å²) in [4.78, 5) is 135. The lowest BCUT2D eigenvalue weighted by Gasteiger charge is -2.48. The van der Waals surface area contributed by atoms with Crippen molar-refractivity contribution < 1.29 is 127 Å². The maximum Gasteiger partial charge on any atom is 0.322 e. The number of nitrogens with one attached hydrogen (secondary N) is 8. The van der Waals surface area contributed by atoms with Gasteiger partial charge in [0.25, 0.3) is 0 Å². The molecule has 38 heteroatoms. The molecule has 2 fully saturated rings. The third-order valence-corrected chi connectivity index (χ3v) is 21.5. The average Bonchev–Trinajstić information content (AvgIpc) is 0.761. The molecule has 0 radical (unpaired) electrons. The summed E-state index contributed by atoms with van der Waals surface area (Å²) >= 11 is 14.4. The van der Waals surface area contributed by atoms with Crippen LogP contribution in [0, 0.1) is 5.92 Å². The number of carboxylic acid groups (broad SMARTS) is 1. The van der Waals surface area contributed by atoms with Crippen LogP contribution in [0.25, 0.3) is 11.1 Å². The maximum atomic E-state index is 16.4. The van der Waals surface area contributed by atoms with Gasteiger partial charge in [0, 0.05) is 42.4 Å². The van der Waals surface area contributed by atoms with Crippen LogP contribution in [0.1, 0.15) is 119 Å². The number of methoxy groups -OCH3 is 1. The molecule has 6 aromatic carbocycles. The molecule has 0 aliphatic carbocycles. The Labute approximate surface area is 696 Å². The molecule has 6 aromatic rings. The van der Waals surface area contributed by atoms with Gasteiger partial charge in [-0.05, 0) is 147 Å². The molecular weight excluding hydrogens is 1610 g/mol. The number of primary amides is 1. The number of aromatic hydroxyl groups is 3. The molecule has 11 bridgehead atoms. The van der Waals surface area contributed by atoms with Crippen LogP contribution >= 0.6 is 23.2 Å². The lowest BCUT2D eigenvalue weighted by Crippen LogP contribution is -2.64. The molecule has 0 aromatic heterocycles. The second kappa shape index (κ2) is 38.3. The molecule has 18 atom stereocenters. The zero-order chi connectivity index (χ0) is 87.0. The Bertz CT molecular complexity index is 4910. The lowest BCUT2D eigenvalue weighted by molar-refractivity contribution is -0.332. The molecule has 2 saturated heterocycles. The van der Waals surface area contributed by atoms with Gasteiger partial charge < -0.3 is 132 Å². The van der Waals surface area contributed by atoms with Gasteiger partial charge in [0.05, 0.1) is 47.9 Å². The fourth-order valence-electron chi connectivity index (χ4n) is 14.7. The van der Waals surface area contributed by atoms with E-state index in [2.05, 4.69) is 42.5 Å². The molecule has 0 unspecified atom stereocenters. The highest BCUT2D eigenvalue weighted by atomic mass is 35.5. The molecule has 7 aliphatic heterocycles. The zero-order valence-electron chi connectivity index (χ0n) is 65.8. The van der Waals surface area contributed by atoms with Gasteiger partial charge in [-0.3, -0.25) is 48.1 Å². The van der Waals surface area contributed by atoms with E-state index in [1.54, 1.807) is 81.2 Å². The number of aliphatic carboxylic acids is 1. The van der Waals surface area contributed by atoms with Crippen molar-refractivity contribution in [2.75, 3.05) is 38.7 Å². The van der Waals surface area contributed by atoms with E-state index in [4.69, 9.17) is 62.1 Å². The number of allylic oxidation sites excluding steroid dienone is 2. The summed E-state index contributed by atoms with van der Waals surface area (Å²) in [5.74, 6) is -16.8. The second-order valence-corrected chi connectivity index (χ2v) is 30.8. The van der Waals surface area contributed by atoms with E-state index in [9.17, 15) is 65.4 Å². The second-order valence-electron chi connectivity index (χ2n) is 30.0. The minimum absolute atomic E-state index is 0.154. The first-order chi connectivity index (χ1) is 57.0.